The summed E-state index contributed by atoms with van der Waals surface area (Å²) < 4.78 is 6.18. The average Bonchev–Trinajstić information content (AvgIpc) is 2.40. The number of hydrogen-bond acceptors (Lipinski definition) is 2. The molecule has 0 N–H and O–H groups in total. The van der Waals surface area contributed by atoms with E-state index in [0.717, 1.165) is 18.9 Å². The number of rotatable bonds is 1. The molecular weight excluding hydrogens is 264 g/mol. The van der Waals surface area contributed by atoms with Gasteiger partial charge < -0.3 is 4.74 Å². The molecule has 2 fully saturated rings. The molecule has 1 aliphatic carbocycles. The number of thioether (sulfide) groups is 1. The van der Waals surface area contributed by atoms with E-state index in [0.29, 0.717) is 0 Å². The van der Waals surface area contributed by atoms with Crippen molar-refractivity contribution in [1.29, 1.82) is 0 Å². The van der Waals surface area contributed by atoms with E-state index in [1.165, 1.54) is 50.0 Å². The molecule has 0 saturated carbocycles. The lowest BCUT2D eigenvalue weighted by atomic mass is 9.76. The standard InChI is InChI=1S/C15H23ClOS/c16-14-3-1-2-12(10-14)13-4-7-17-15(11-13)5-8-18-9-6-15/h10,13-14H,1-9,11H2. The molecule has 2 aliphatic heterocycles. The molecule has 0 radical (unpaired) electrons. The van der Waals surface area contributed by atoms with Gasteiger partial charge in [-0.1, -0.05) is 11.6 Å². The lowest BCUT2D eigenvalue weighted by Crippen LogP contribution is -2.43. The Morgan fingerprint density at radius 2 is 2.11 bits per heavy atom. The smallest absolute Gasteiger partial charge is 0.0704 e. The molecule has 18 heavy (non-hydrogen) atoms. The molecule has 0 amide bonds. The quantitative estimate of drug-likeness (QED) is 0.522. The largest absolute Gasteiger partial charge is 0.375 e. The highest BCUT2D eigenvalue weighted by Crippen LogP contribution is 2.43. The van der Waals surface area contributed by atoms with Gasteiger partial charge in [-0.2, -0.15) is 11.8 Å². The number of ether oxygens (including phenoxy) is 1. The predicted octanol–water partition coefficient (Wildman–Crippen LogP) is 4.40. The SMILES string of the molecule is ClC1C=C(C2CCOC3(CCSCC3)C2)CCC1. The first-order valence-electron chi connectivity index (χ1n) is 7.34. The summed E-state index contributed by atoms with van der Waals surface area (Å²) in [6.07, 6.45) is 11.0. The summed E-state index contributed by atoms with van der Waals surface area (Å²) in [7, 11) is 0. The first-order valence-corrected chi connectivity index (χ1v) is 8.93. The van der Waals surface area contributed by atoms with E-state index in [2.05, 4.69) is 17.8 Å². The Morgan fingerprint density at radius 1 is 1.28 bits per heavy atom. The van der Waals surface area contributed by atoms with Crippen molar-refractivity contribution in [2.24, 2.45) is 5.92 Å². The number of allylic oxidation sites excluding steroid dienone is 2. The van der Waals surface area contributed by atoms with E-state index in [9.17, 15) is 0 Å². The van der Waals surface area contributed by atoms with Crippen molar-refractivity contribution in [2.75, 3.05) is 18.1 Å². The summed E-state index contributed by atoms with van der Waals surface area (Å²) in [4.78, 5) is 0. The molecule has 0 aromatic heterocycles. The second-order valence-corrected chi connectivity index (χ2v) is 7.77. The Morgan fingerprint density at radius 3 is 2.89 bits per heavy atom. The van der Waals surface area contributed by atoms with Gasteiger partial charge in [-0.05, 0) is 62.4 Å². The van der Waals surface area contributed by atoms with Crippen LogP contribution in [-0.2, 0) is 4.74 Å². The predicted molar refractivity (Wildman–Crippen MR) is 79.5 cm³/mol. The molecular formula is C15H23ClOS. The van der Waals surface area contributed by atoms with Crippen molar-refractivity contribution >= 4 is 23.4 Å². The summed E-state index contributed by atoms with van der Waals surface area (Å²) in [6.45, 7) is 0.958. The fourth-order valence-electron chi connectivity index (χ4n) is 3.68. The van der Waals surface area contributed by atoms with Crippen molar-refractivity contribution in [3.05, 3.63) is 11.6 Å². The van der Waals surface area contributed by atoms with E-state index in [1.807, 2.05) is 0 Å². The minimum atomic E-state index is 0.217. The molecule has 0 aromatic carbocycles. The second-order valence-electron chi connectivity index (χ2n) is 5.98. The van der Waals surface area contributed by atoms with Gasteiger partial charge in [0, 0.05) is 6.61 Å². The van der Waals surface area contributed by atoms with Gasteiger partial charge in [0.25, 0.3) is 0 Å². The summed E-state index contributed by atoms with van der Waals surface area (Å²) in [5, 5.41) is 0.287. The van der Waals surface area contributed by atoms with E-state index in [1.54, 1.807) is 5.57 Å². The van der Waals surface area contributed by atoms with Crippen LogP contribution >= 0.6 is 23.4 Å². The monoisotopic (exact) mass is 286 g/mol. The van der Waals surface area contributed by atoms with E-state index >= 15 is 0 Å². The van der Waals surface area contributed by atoms with Gasteiger partial charge >= 0.3 is 0 Å². The maximum absolute atomic E-state index is 6.30. The third kappa shape index (κ3) is 2.91. The molecule has 2 saturated heterocycles. The first kappa shape index (κ1) is 13.3. The molecule has 2 heterocycles. The summed E-state index contributed by atoms with van der Waals surface area (Å²) in [6, 6.07) is 0. The normalized spacial score (nSPS) is 36.4. The molecule has 0 bridgehead atoms. The van der Waals surface area contributed by atoms with Gasteiger partial charge in [0.1, 0.15) is 0 Å². The highest BCUT2D eigenvalue weighted by atomic mass is 35.5. The fourth-order valence-corrected chi connectivity index (χ4v) is 5.23. The highest BCUT2D eigenvalue weighted by Gasteiger charge is 2.39. The zero-order chi connectivity index (χ0) is 12.4. The van der Waals surface area contributed by atoms with Crippen LogP contribution in [0.25, 0.3) is 0 Å². The highest BCUT2D eigenvalue weighted by molar-refractivity contribution is 7.99. The van der Waals surface area contributed by atoms with Crippen LogP contribution in [0.15, 0.2) is 11.6 Å². The minimum Gasteiger partial charge on any atom is -0.375 e. The van der Waals surface area contributed by atoms with E-state index < -0.39 is 0 Å². The van der Waals surface area contributed by atoms with E-state index in [4.69, 9.17) is 16.3 Å². The number of halogens is 1. The second kappa shape index (κ2) is 5.76. The van der Waals surface area contributed by atoms with Gasteiger partial charge in [0.05, 0.1) is 11.0 Å². The number of hydrogen-bond donors (Lipinski definition) is 0. The molecule has 0 aromatic rings. The van der Waals surface area contributed by atoms with Crippen LogP contribution < -0.4 is 0 Å². The topological polar surface area (TPSA) is 9.23 Å². The molecule has 1 nitrogen and oxygen atoms in total. The molecule has 102 valence electrons. The van der Waals surface area contributed by atoms with Crippen molar-refractivity contribution in [2.45, 2.75) is 55.9 Å². The van der Waals surface area contributed by atoms with Crippen LogP contribution in [0.4, 0.5) is 0 Å². The third-order valence-corrected chi connectivity index (χ3v) is 6.09. The Balaban J connectivity index is 1.69. The Bertz CT molecular complexity index is 317. The van der Waals surface area contributed by atoms with Crippen LogP contribution in [0.3, 0.4) is 0 Å². The van der Waals surface area contributed by atoms with E-state index in [-0.39, 0.29) is 11.0 Å². The van der Waals surface area contributed by atoms with Crippen molar-refractivity contribution in [3.8, 4) is 0 Å². The molecule has 2 unspecified atom stereocenters. The fraction of sp³-hybridized carbons (Fsp3) is 0.867. The van der Waals surface area contributed by atoms with Crippen LogP contribution in [0.1, 0.15) is 44.9 Å². The Hall–Kier alpha value is 0.340. The summed E-state index contributed by atoms with van der Waals surface area (Å²) >= 11 is 8.38. The third-order valence-electron chi connectivity index (χ3n) is 4.76. The average molecular weight is 287 g/mol. The summed E-state index contributed by atoms with van der Waals surface area (Å²) in [5.41, 5.74) is 1.86. The minimum absolute atomic E-state index is 0.217. The number of alkyl halides is 1. The van der Waals surface area contributed by atoms with Crippen molar-refractivity contribution in [1.82, 2.24) is 0 Å². The molecule has 1 spiro atoms. The molecule has 2 atom stereocenters. The van der Waals surface area contributed by atoms with Gasteiger partial charge in [0.2, 0.25) is 0 Å². The molecule has 3 aliphatic rings. The van der Waals surface area contributed by atoms with Gasteiger partial charge in [-0.15, -0.1) is 11.6 Å². The van der Waals surface area contributed by atoms with Crippen LogP contribution in [-0.4, -0.2) is 29.1 Å². The van der Waals surface area contributed by atoms with Crippen molar-refractivity contribution in [3.63, 3.8) is 0 Å². The van der Waals surface area contributed by atoms with Gasteiger partial charge in [0.15, 0.2) is 0 Å². The Kier molecular flexibility index (Phi) is 4.27. The summed E-state index contributed by atoms with van der Waals surface area (Å²) in [5.74, 6) is 3.32. The zero-order valence-electron chi connectivity index (χ0n) is 11.0. The van der Waals surface area contributed by atoms with Crippen LogP contribution in [0.5, 0.6) is 0 Å². The molecule has 3 rings (SSSR count). The Labute approximate surface area is 120 Å². The van der Waals surface area contributed by atoms with Gasteiger partial charge in [-0.3, -0.25) is 0 Å². The van der Waals surface area contributed by atoms with Crippen LogP contribution in [0, 0.1) is 5.92 Å². The zero-order valence-corrected chi connectivity index (χ0v) is 12.6. The lowest BCUT2D eigenvalue weighted by Gasteiger charge is -2.44. The van der Waals surface area contributed by atoms with Crippen molar-refractivity contribution < 1.29 is 4.74 Å². The molecule has 3 heteroatoms. The maximum atomic E-state index is 6.30. The maximum Gasteiger partial charge on any atom is 0.0704 e. The lowest BCUT2D eigenvalue weighted by molar-refractivity contribution is -0.0969. The van der Waals surface area contributed by atoms with Gasteiger partial charge in [-0.25, -0.2) is 0 Å². The first-order chi connectivity index (χ1) is 8.77. The van der Waals surface area contributed by atoms with Crippen LogP contribution in [0.2, 0.25) is 0 Å².